The molecule has 0 aliphatic carbocycles. The van der Waals surface area contributed by atoms with Crippen molar-refractivity contribution in [3.8, 4) is 0 Å². The number of carbonyl (C=O) groups is 4. The molecule has 0 saturated carbocycles. The van der Waals surface area contributed by atoms with E-state index < -0.39 is 67.3 Å². The van der Waals surface area contributed by atoms with Crippen LogP contribution in [-0.4, -0.2) is 89.2 Å². The van der Waals surface area contributed by atoms with Gasteiger partial charge in [-0.05, 0) is 77.0 Å². The van der Waals surface area contributed by atoms with Crippen molar-refractivity contribution in [3.63, 3.8) is 0 Å². The first-order valence-electron chi connectivity index (χ1n) is 26.3. The normalized spacial score (nSPS) is 19.3. The number of unbranched alkanes of at least 4 members (excludes halogenated alkanes) is 19. The summed E-state index contributed by atoms with van der Waals surface area (Å²) in [7, 11) is 0. The van der Waals surface area contributed by atoms with E-state index in [1.165, 1.54) is 44.9 Å². The van der Waals surface area contributed by atoms with Crippen molar-refractivity contribution in [2.24, 2.45) is 0 Å². The summed E-state index contributed by atoms with van der Waals surface area (Å²) in [6, 6.07) is 0. The lowest BCUT2D eigenvalue weighted by atomic mass is 9.98. The molecule has 1 heterocycles. The van der Waals surface area contributed by atoms with Crippen LogP contribution in [0.3, 0.4) is 0 Å². The summed E-state index contributed by atoms with van der Waals surface area (Å²) < 4.78 is 28.2. The van der Waals surface area contributed by atoms with Gasteiger partial charge in [-0.25, -0.2) is 4.79 Å². The number of allylic oxidation sites excluding steroid dienone is 10. The third kappa shape index (κ3) is 34.4. The minimum Gasteiger partial charge on any atom is -0.479 e. The molecule has 3 N–H and O–H groups in total. The van der Waals surface area contributed by atoms with E-state index >= 15 is 0 Å². The van der Waals surface area contributed by atoms with Gasteiger partial charge in [0.15, 0.2) is 24.6 Å². The summed E-state index contributed by atoms with van der Waals surface area (Å²) in [5.74, 6) is -3.18. The summed E-state index contributed by atoms with van der Waals surface area (Å²) in [4.78, 5) is 50.8. The van der Waals surface area contributed by atoms with E-state index in [1.54, 1.807) is 0 Å². The molecule has 67 heavy (non-hydrogen) atoms. The number of aliphatic carboxylic acids is 1. The van der Waals surface area contributed by atoms with Gasteiger partial charge in [0.2, 0.25) is 0 Å². The highest BCUT2D eigenvalue weighted by atomic mass is 16.7. The number of hydrogen-bond acceptors (Lipinski definition) is 11. The molecular weight excluding hydrogens is 853 g/mol. The van der Waals surface area contributed by atoms with Crippen molar-refractivity contribution in [1.29, 1.82) is 0 Å². The molecule has 1 aliphatic rings. The first-order chi connectivity index (χ1) is 32.6. The number of esters is 3. The fourth-order valence-electron chi connectivity index (χ4n) is 7.54. The number of carbonyl (C=O) groups excluding carboxylic acids is 3. The van der Waals surface area contributed by atoms with Crippen LogP contribution < -0.4 is 0 Å². The fraction of sp³-hybridized carbons (Fsp3) is 0.745. The van der Waals surface area contributed by atoms with Crippen molar-refractivity contribution >= 4 is 23.9 Å². The van der Waals surface area contributed by atoms with Gasteiger partial charge < -0.3 is 39.0 Å². The highest BCUT2D eigenvalue weighted by Crippen LogP contribution is 2.26. The minimum atomic E-state index is -1.91. The Morgan fingerprint density at radius 3 is 1.51 bits per heavy atom. The topological polar surface area (TPSA) is 175 Å². The van der Waals surface area contributed by atoms with Gasteiger partial charge in [-0.3, -0.25) is 14.4 Å². The van der Waals surface area contributed by atoms with Gasteiger partial charge in [-0.15, -0.1) is 0 Å². The molecule has 384 valence electrons. The average molecular weight is 945 g/mol. The first kappa shape index (κ1) is 61.4. The number of carboxylic acids is 1. The van der Waals surface area contributed by atoms with Gasteiger partial charge in [0, 0.05) is 19.3 Å². The van der Waals surface area contributed by atoms with Crippen molar-refractivity contribution in [2.75, 3.05) is 13.2 Å². The first-order valence-corrected chi connectivity index (χ1v) is 26.3. The van der Waals surface area contributed by atoms with Crippen LogP contribution in [0.25, 0.3) is 0 Å². The van der Waals surface area contributed by atoms with Gasteiger partial charge in [0.25, 0.3) is 0 Å². The molecule has 0 radical (unpaired) electrons. The molecule has 1 saturated heterocycles. The molecule has 1 fully saturated rings. The van der Waals surface area contributed by atoms with Crippen molar-refractivity contribution in [1.82, 2.24) is 0 Å². The average Bonchev–Trinajstić information content (AvgIpc) is 3.31. The molecule has 12 heteroatoms. The van der Waals surface area contributed by atoms with Crippen LogP contribution >= 0.6 is 0 Å². The van der Waals surface area contributed by atoms with Gasteiger partial charge in [0.05, 0.1) is 6.61 Å². The van der Waals surface area contributed by atoms with Crippen LogP contribution in [0.4, 0.5) is 0 Å². The van der Waals surface area contributed by atoms with Crippen LogP contribution in [-0.2, 0) is 42.9 Å². The number of hydrogen-bond donors (Lipinski definition) is 3. The molecule has 0 aromatic heterocycles. The van der Waals surface area contributed by atoms with Crippen LogP contribution in [0.1, 0.15) is 213 Å². The van der Waals surface area contributed by atoms with E-state index in [0.29, 0.717) is 19.3 Å². The summed E-state index contributed by atoms with van der Waals surface area (Å²) in [6.45, 7) is 5.74. The maximum Gasteiger partial charge on any atom is 0.335 e. The fourth-order valence-corrected chi connectivity index (χ4v) is 7.54. The monoisotopic (exact) mass is 945 g/mol. The van der Waals surface area contributed by atoms with Gasteiger partial charge in [-0.2, -0.15) is 0 Å². The van der Waals surface area contributed by atoms with Crippen LogP contribution in [0, 0.1) is 0 Å². The maximum absolute atomic E-state index is 13.0. The Bertz CT molecular complexity index is 1400. The Morgan fingerprint density at radius 1 is 0.507 bits per heavy atom. The highest BCUT2D eigenvalue weighted by molar-refractivity contribution is 5.74. The molecule has 12 nitrogen and oxygen atoms in total. The zero-order chi connectivity index (χ0) is 49.0. The Labute approximate surface area is 405 Å². The second-order valence-electron chi connectivity index (χ2n) is 17.8. The summed E-state index contributed by atoms with van der Waals surface area (Å²) in [6.07, 6.45) is 39.3. The molecule has 0 bridgehead atoms. The number of aliphatic hydroxyl groups excluding tert-OH is 2. The van der Waals surface area contributed by atoms with Crippen molar-refractivity contribution in [2.45, 2.75) is 250 Å². The quantitative estimate of drug-likeness (QED) is 0.0229. The lowest BCUT2D eigenvalue weighted by Gasteiger charge is -2.40. The molecule has 0 aromatic carbocycles. The van der Waals surface area contributed by atoms with E-state index in [0.717, 1.165) is 109 Å². The van der Waals surface area contributed by atoms with Crippen LogP contribution in [0.15, 0.2) is 60.8 Å². The maximum atomic E-state index is 13.0. The Morgan fingerprint density at radius 2 is 0.970 bits per heavy atom. The SMILES string of the molecule is CC/C=C\C/C=C\C/C=C\CCCCCC(=O)OCC(COC1OC(C(=O)O)C(O)C(O)C1OC(=O)CCCCCCC/C=C\C/C=C\CCC)OC(=O)CCCCCCCCCCCCC. The number of rotatable bonds is 43. The number of aliphatic hydroxyl groups is 2. The predicted molar refractivity (Wildman–Crippen MR) is 266 cm³/mol. The summed E-state index contributed by atoms with van der Waals surface area (Å²) >= 11 is 0. The van der Waals surface area contributed by atoms with E-state index in [1.807, 2.05) is 0 Å². The molecule has 0 spiro atoms. The Kier molecular flexibility index (Phi) is 40.1. The molecule has 1 aliphatic heterocycles. The molecule has 0 aromatic rings. The highest BCUT2D eigenvalue weighted by Gasteiger charge is 2.50. The van der Waals surface area contributed by atoms with Crippen molar-refractivity contribution in [3.05, 3.63) is 60.8 Å². The second kappa shape index (κ2) is 43.7. The Balaban J connectivity index is 2.76. The molecule has 1 rings (SSSR count). The van der Waals surface area contributed by atoms with E-state index in [4.69, 9.17) is 23.7 Å². The second-order valence-corrected chi connectivity index (χ2v) is 17.8. The summed E-state index contributed by atoms with van der Waals surface area (Å²) in [5, 5.41) is 31.3. The van der Waals surface area contributed by atoms with Crippen LogP contribution in [0.5, 0.6) is 0 Å². The van der Waals surface area contributed by atoms with E-state index in [2.05, 4.69) is 81.5 Å². The zero-order valence-electron chi connectivity index (χ0n) is 41.9. The third-order valence-corrected chi connectivity index (χ3v) is 11.6. The van der Waals surface area contributed by atoms with Crippen LogP contribution in [0.2, 0.25) is 0 Å². The number of ether oxygens (including phenoxy) is 5. The molecule has 6 unspecified atom stereocenters. The van der Waals surface area contributed by atoms with E-state index in [9.17, 15) is 34.5 Å². The summed E-state index contributed by atoms with van der Waals surface area (Å²) in [5.41, 5.74) is 0. The largest absolute Gasteiger partial charge is 0.479 e. The molecular formula is C55H92O12. The number of carboxylic acid groups (broad SMARTS) is 1. The van der Waals surface area contributed by atoms with Gasteiger partial charge in [0.1, 0.15) is 18.8 Å². The standard InChI is InChI=1S/C55H92O12/c1-4-7-10-13-16-19-22-24-27-29-32-35-38-41-47(56)63-44-46(65-48(57)42-39-36-33-30-26-21-18-15-12-9-6-3)45-64-55-53(51(60)50(59)52(67-55)54(61)62)66-49(58)43-40-37-34-31-28-25-23-20-17-14-11-8-5-2/h7,10-11,14,16,19-20,23-24,27,46,50-53,55,59-60H,4-6,8-9,12-13,15,17-18,21-22,25-26,28-45H2,1-3H3,(H,61,62)/b10-7-,14-11-,19-16-,23-20-,27-24-. The lowest BCUT2D eigenvalue weighted by Crippen LogP contribution is -2.61. The predicted octanol–water partition coefficient (Wildman–Crippen LogP) is 12.4. The lowest BCUT2D eigenvalue weighted by molar-refractivity contribution is -0.301. The zero-order valence-corrected chi connectivity index (χ0v) is 41.9. The van der Waals surface area contributed by atoms with Crippen molar-refractivity contribution < 1.29 is 58.2 Å². The minimum absolute atomic E-state index is 0.0410. The molecule has 0 amide bonds. The molecule has 6 atom stereocenters. The third-order valence-electron chi connectivity index (χ3n) is 11.6. The van der Waals surface area contributed by atoms with Gasteiger partial charge in [-0.1, -0.05) is 178 Å². The van der Waals surface area contributed by atoms with E-state index in [-0.39, 0.29) is 25.9 Å². The Hall–Kier alpha value is -3.58. The smallest absolute Gasteiger partial charge is 0.335 e. The van der Waals surface area contributed by atoms with Gasteiger partial charge >= 0.3 is 23.9 Å².